The van der Waals surface area contributed by atoms with Crippen LogP contribution in [0.2, 0.25) is 0 Å². The van der Waals surface area contributed by atoms with Gasteiger partial charge in [0.25, 0.3) is 10.0 Å². The minimum atomic E-state index is -4.35. The fourth-order valence-electron chi connectivity index (χ4n) is 4.43. The molecule has 4 rings (SSSR count). The summed E-state index contributed by atoms with van der Waals surface area (Å²) in [5.74, 6) is -1.42. The van der Waals surface area contributed by atoms with E-state index in [9.17, 15) is 26.7 Å². The number of carbonyl (C=O) groups excluding carboxylic acids is 1. The Bertz CT molecular complexity index is 1560. The molecule has 0 radical (unpaired) electrons. The summed E-state index contributed by atoms with van der Waals surface area (Å²) in [6.07, 6.45) is 2.10. The Morgan fingerprint density at radius 1 is 1.14 bits per heavy atom. The average molecular weight is 554 g/mol. The number of Topliss-reactive ketones (excluding diaryl/α,β-unsaturated/α-hetero) is 1. The molecule has 0 amide bonds. The van der Waals surface area contributed by atoms with Crippen LogP contribution in [0.4, 0.5) is 11.4 Å². The summed E-state index contributed by atoms with van der Waals surface area (Å²) in [6, 6.07) is 10.8. The van der Waals surface area contributed by atoms with Gasteiger partial charge in [-0.3, -0.25) is 9.52 Å². The molecule has 0 saturated carbocycles. The van der Waals surface area contributed by atoms with Crippen molar-refractivity contribution in [2.45, 2.75) is 50.8 Å². The zero-order valence-electron chi connectivity index (χ0n) is 21.7. The molecular formula is C25H28N3NaO6S2. The number of anilines is 2. The maximum atomic E-state index is 13.9. The molecule has 37 heavy (non-hydrogen) atoms. The monoisotopic (exact) mass is 553 g/mol. The second kappa shape index (κ2) is 9.85. The standard InChI is InChI=1S/C25H29N3O6S2.Na/c1-24(2,3)12-13-25(4)17-9-7-6-8-16(17)21(29)20(22(25)30)23-26-18-11-10-15(27-35(5,31)32)14-19(18)36(33,34)28-23;/h6-11,14,27,29H,12-13H2,1-5H3,(H,26,28);/q;+1/p-1. The number of amidine groups is 1. The fraction of sp³-hybridized carbons (Fsp3) is 0.360. The van der Waals surface area contributed by atoms with Gasteiger partial charge < -0.3 is 10.4 Å². The molecule has 192 valence electrons. The van der Waals surface area contributed by atoms with E-state index in [-0.39, 0.29) is 62.7 Å². The van der Waals surface area contributed by atoms with Crippen molar-refractivity contribution in [3.63, 3.8) is 0 Å². The Morgan fingerprint density at radius 3 is 2.41 bits per heavy atom. The molecule has 1 heterocycles. The van der Waals surface area contributed by atoms with Crippen molar-refractivity contribution in [1.29, 1.82) is 0 Å². The summed E-state index contributed by atoms with van der Waals surface area (Å²) in [6.45, 7) is 7.97. The Labute approximate surface area is 239 Å². The molecule has 1 unspecified atom stereocenters. The first kappa shape index (κ1) is 29.4. The Balaban J connectivity index is 0.00000380. The maximum absolute atomic E-state index is 13.9. The molecule has 1 aliphatic carbocycles. The van der Waals surface area contributed by atoms with Crippen LogP contribution in [0.25, 0.3) is 5.76 Å². The van der Waals surface area contributed by atoms with Crippen LogP contribution in [0.15, 0.2) is 57.3 Å². The molecule has 2 N–H and O–H groups in total. The number of nitrogens with one attached hydrogen (secondary N) is 2. The normalized spacial score (nSPS) is 20.7. The van der Waals surface area contributed by atoms with Gasteiger partial charge in [-0.05, 0) is 54.5 Å². The van der Waals surface area contributed by atoms with Gasteiger partial charge in [0.05, 0.1) is 22.9 Å². The third-order valence-corrected chi connectivity index (χ3v) is 8.28. The van der Waals surface area contributed by atoms with Crippen molar-refractivity contribution >= 4 is 48.8 Å². The first-order chi connectivity index (χ1) is 16.5. The first-order valence-electron chi connectivity index (χ1n) is 11.3. The van der Waals surface area contributed by atoms with E-state index < -0.39 is 37.0 Å². The maximum Gasteiger partial charge on any atom is 1.00 e. The van der Waals surface area contributed by atoms with Crippen LogP contribution in [0.3, 0.4) is 0 Å². The molecule has 2 aromatic carbocycles. The van der Waals surface area contributed by atoms with Gasteiger partial charge in [-0.1, -0.05) is 50.8 Å². The summed E-state index contributed by atoms with van der Waals surface area (Å²) in [7, 11) is -7.99. The topological polar surface area (TPSA) is 145 Å². The van der Waals surface area contributed by atoms with Gasteiger partial charge in [0.1, 0.15) is 4.90 Å². The number of sulfonamides is 2. The van der Waals surface area contributed by atoms with Gasteiger partial charge >= 0.3 is 29.6 Å². The van der Waals surface area contributed by atoms with E-state index in [0.717, 1.165) is 12.3 Å². The summed E-state index contributed by atoms with van der Waals surface area (Å²) >= 11 is 0. The zero-order valence-corrected chi connectivity index (χ0v) is 25.3. The van der Waals surface area contributed by atoms with Gasteiger partial charge in [0, 0.05) is 5.69 Å². The number of hydrogen-bond acceptors (Lipinski definition) is 7. The largest absolute Gasteiger partial charge is 1.00 e. The molecule has 1 atom stereocenters. The van der Waals surface area contributed by atoms with E-state index in [1.807, 2.05) is 0 Å². The molecule has 2 aromatic rings. The molecule has 0 bridgehead atoms. The quantitative estimate of drug-likeness (QED) is 0.497. The summed E-state index contributed by atoms with van der Waals surface area (Å²) in [5, 5.41) is 16.3. The minimum Gasteiger partial charge on any atom is -0.871 e. The van der Waals surface area contributed by atoms with Crippen molar-refractivity contribution in [3.05, 3.63) is 59.2 Å². The van der Waals surface area contributed by atoms with Gasteiger partial charge in [0.15, 0.2) is 11.6 Å². The summed E-state index contributed by atoms with van der Waals surface area (Å²) in [4.78, 5) is 13.6. The molecule has 0 saturated heterocycles. The first-order valence-corrected chi connectivity index (χ1v) is 14.7. The Hall–Kier alpha value is -2.18. The molecule has 2 aliphatic rings. The third-order valence-electron chi connectivity index (χ3n) is 6.36. The second-order valence-corrected chi connectivity index (χ2v) is 13.9. The van der Waals surface area contributed by atoms with Crippen molar-refractivity contribution in [2.75, 3.05) is 16.3 Å². The van der Waals surface area contributed by atoms with Crippen molar-refractivity contribution in [2.24, 2.45) is 9.81 Å². The van der Waals surface area contributed by atoms with E-state index >= 15 is 0 Å². The van der Waals surface area contributed by atoms with Gasteiger partial charge in [-0.2, -0.15) is 8.42 Å². The molecule has 9 nitrogen and oxygen atoms in total. The average Bonchev–Trinajstić information content (AvgIpc) is 2.75. The number of carbonyl (C=O) groups is 1. The Kier molecular flexibility index (Phi) is 7.82. The van der Waals surface area contributed by atoms with E-state index in [4.69, 9.17) is 0 Å². The Morgan fingerprint density at radius 2 is 1.78 bits per heavy atom. The van der Waals surface area contributed by atoms with Crippen molar-refractivity contribution in [3.8, 4) is 0 Å². The van der Waals surface area contributed by atoms with Gasteiger partial charge in [-0.15, -0.1) is 4.40 Å². The third kappa shape index (κ3) is 5.80. The minimum absolute atomic E-state index is 0. The molecule has 1 aliphatic heterocycles. The number of hydrogen-bond donors (Lipinski definition) is 2. The zero-order chi connectivity index (χ0) is 26.7. The van der Waals surface area contributed by atoms with E-state index in [1.54, 1.807) is 31.2 Å². The van der Waals surface area contributed by atoms with E-state index in [1.165, 1.54) is 12.1 Å². The second-order valence-electron chi connectivity index (χ2n) is 10.6. The molecule has 0 aromatic heterocycles. The fourth-order valence-corrected chi connectivity index (χ4v) is 6.13. The smallest absolute Gasteiger partial charge is 0.871 e. The number of rotatable bonds is 5. The number of ketones is 1. The van der Waals surface area contributed by atoms with E-state index in [2.05, 4.69) is 35.2 Å². The molecule has 12 heteroatoms. The van der Waals surface area contributed by atoms with Crippen LogP contribution in [0.5, 0.6) is 0 Å². The van der Waals surface area contributed by atoms with Crippen molar-refractivity contribution in [1.82, 2.24) is 0 Å². The van der Waals surface area contributed by atoms with Crippen LogP contribution >= 0.6 is 0 Å². The van der Waals surface area contributed by atoms with Crippen LogP contribution in [-0.2, 0) is 30.3 Å². The predicted molar refractivity (Wildman–Crippen MR) is 138 cm³/mol. The number of nitrogens with zero attached hydrogens (tertiary/aromatic N) is 1. The SMILES string of the molecule is CC(C)(C)CCC1(C)C(=O)C(C2=NS(=O)(=O)c3cc(NS(C)(=O)=O)ccc3N2)=C([O-])c2ccccc21.[Na+]. The van der Waals surface area contributed by atoms with Crippen molar-refractivity contribution < 1.29 is 56.3 Å². The van der Waals surface area contributed by atoms with Crippen LogP contribution in [0.1, 0.15) is 51.7 Å². The van der Waals surface area contributed by atoms with E-state index in [0.29, 0.717) is 24.0 Å². The number of fused-ring (bicyclic) bond motifs is 2. The van der Waals surface area contributed by atoms with Gasteiger partial charge in [0.2, 0.25) is 10.0 Å². The van der Waals surface area contributed by atoms with Crippen LogP contribution < -0.4 is 44.7 Å². The molecular weight excluding hydrogens is 525 g/mol. The van der Waals surface area contributed by atoms with Gasteiger partial charge in [-0.25, -0.2) is 8.42 Å². The van der Waals surface area contributed by atoms with Crippen LogP contribution in [-0.4, -0.2) is 34.7 Å². The van der Waals surface area contributed by atoms with Crippen LogP contribution in [0, 0.1) is 5.41 Å². The predicted octanol–water partition coefficient (Wildman–Crippen LogP) is 0.0131. The summed E-state index contributed by atoms with van der Waals surface area (Å²) in [5.41, 5.74) is -0.347. The number of benzene rings is 2. The molecule has 0 fully saturated rings. The summed E-state index contributed by atoms with van der Waals surface area (Å²) < 4.78 is 55.3. The molecule has 0 spiro atoms.